The number of hydrogen-bond acceptors (Lipinski definition) is 2. The topological polar surface area (TPSA) is 60.1 Å². The molecule has 3 N–H and O–H groups in total. The molecule has 2 aromatic rings. The Balaban J connectivity index is 0.00000208. The summed E-state index contributed by atoms with van der Waals surface area (Å²) in [6.45, 7) is 4.44. The number of aromatic nitrogens is 1. The highest BCUT2D eigenvalue weighted by molar-refractivity contribution is 6.30. The van der Waals surface area contributed by atoms with Crippen LogP contribution in [-0.2, 0) is 0 Å². The molecule has 24 heavy (non-hydrogen) atoms. The van der Waals surface area contributed by atoms with E-state index in [1.807, 2.05) is 44.2 Å². The molecule has 0 radical (unpaired) electrons. The predicted octanol–water partition coefficient (Wildman–Crippen LogP) is 3.64. The summed E-state index contributed by atoms with van der Waals surface area (Å²) in [5, 5.41) is 3.76. The van der Waals surface area contributed by atoms with Crippen molar-refractivity contribution < 1.29 is 4.79 Å². The van der Waals surface area contributed by atoms with Crippen LogP contribution in [0.5, 0.6) is 0 Å². The maximum Gasteiger partial charge on any atom is 0.253 e. The molecule has 1 amide bonds. The van der Waals surface area contributed by atoms with E-state index in [1.54, 1.807) is 0 Å². The van der Waals surface area contributed by atoms with Crippen molar-refractivity contribution >= 4 is 29.9 Å². The number of nitrogens with zero attached hydrogens (tertiary/aromatic N) is 1. The lowest BCUT2D eigenvalue weighted by Gasteiger charge is -2.16. The molecule has 1 aliphatic rings. The van der Waals surface area contributed by atoms with Crippen molar-refractivity contribution in [2.75, 3.05) is 6.54 Å². The highest BCUT2D eigenvalue weighted by Crippen LogP contribution is 2.32. The molecular formula is C18H23Cl2N3O. The smallest absolute Gasteiger partial charge is 0.253 e. The van der Waals surface area contributed by atoms with Gasteiger partial charge >= 0.3 is 0 Å². The SMILES string of the molecule is Cc1cc(C(=O)NC(CN)C2CC2)c(C)n1-c1cccc(Cl)c1.Cl. The second kappa shape index (κ2) is 7.60. The van der Waals surface area contributed by atoms with Crippen LogP contribution in [0.3, 0.4) is 0 Å². The van der Waals surface area contributed by atoms with Gasteiger partial charge in [0, 0.05) is 34.7 Å². The second-order valence-electron chi connectivity index (χ2n) is 6.25. The van der Waals surface area contributed by atoms with Crippen LogP contribution in [0.2, 0.25) is 5.02 Å². The summed E-state index contributed by atoms with van der Waals surface area (Å²) in [5.41, 5.74) is 9.36. The fraction of sp³-hybridized carbons (Fsp3) is 0.389. The van der Waals surface area contributed by atoms with Gasteiger partial charge in [-0.15, -0.1) is 12.4 Å². The maximum absolute atomic E-state index is 12.6. The Morgan fingerprint density at radius 2 is 2.08 bits per heavy atom. The van der Waals surface area contributed by atoms with Gasteiger partial charge in [-0.25, -0.2) is 0 Å². The highest BCUT2D eigenvalue weighted by Gasteiger charge is 2.32. The highest BCUT2D eigenvalue weighted by atomic mass is 35.5. The summed E-state index contributed by atoms with van der Waals surface area (Å²) in [6, 6.07) is 9.64. The minimum absolute atomic E-state index is 0. The van der Waals surface area contributed by atoms with Gasteiger partial charge in [0.1, 0.15) is 0 Å². The zero-order valence-corrected chi connectivity index (χ0v) is 15.5. The molecule has 0 aliphatic heterocycles. The van der Waals surface area contributed by atoms with E-state index in [0.29, 0.717) is 23.0 Å². The van der Waals surface area contributed by atoms with Crippen LogP contribution in [0.4, 0.5) is 0 Å². The Labute approximate surface area is 153 Å². The third kappa shape index (κ3) is 3.77. The fourth-order valence-corrected chi connectivity index (χ4v) is 3.30. The Morgan fingerprint density at radius 3 is 2.67 bits per heavy atom. The van der Waals surface area contributed by atoms with Crippen LogP contribution in [0.1, 0.15) is 34.6 Å². The van der Waals surface area contributed by atoms with Gasteiger partial charge in [-0.3, -0.25) is 4.79 Å². The zero-order chi connectivity index (χ0) is 16.6. The van der Waals surface area contributed by atoms with Crippen molar-refractivity contribution in [1.29, 1.82) is 0 Å². The van der Waals surface area contributed by atoms with Gasteiger partial charge in [0.25, 0.3) is 5.91 Å². The Hall–Kier alpha value is -1.49. The number of aryl methyl sites for hydroxylation is 1. The number of benzene rings is 1. The van der Waals surface area contributed by atoms with E-state index in [9.17, 15) is 4.79 Å². The monoisotopic (exact) mass is 367 g/mol. The maximum atomic E-state index is 12.6. The van der Waals surface area contributed by atoms with Gasteiger partial charge in [0.2, 0.25) is 0 Å². The fourth-order valence-electron chi connectivity index (χ4n) is 3.12. The normalized spacial score (nSPS) is 14.8. The molecule has 3 rings (SSSR count). The molecule has 1 heterocycles. The molecular weight excluding hydrogens is 345 g/mol. The molecule has 1 aliphatic carbocycles. The standard InChI is InChI=1S/C18H22ClN3O.ClH/c1-11-8-16(18(23)21-17(10-20)13-6-7-13)12(2)22(11)15-5-3-4-14(19)9-15;/h3-5,8-9,13,17H,6-7,10,20H2,1-2H3,(H,21,23);1H. The molecule has 6 heteroatoms. The molecule has 1 aromatic heterocycles. The van der Waals surface area contributed by atoms with E-state index in [0.717, 1.165) is 29.9 Å². The van der Waals surface area contributed by atoms with Crippen LogP contribution >= 0.6 is 24.0 Å². The Morgan fingerprint density at radius 1 is 1.38 bits per heavy atom. The number of rotatable bonds is 5. The molecule has 0 bridgehead atoms. The number of halogens is 2. The van der Waals surface area contributed by atoms with Gasteiger partial charge < -0.3 is 15.6 Å². The van der Waals surface area contributed by atoms with Crippen LogP contribution in [0.15, 0.2) is 30.3 Å². The number of carbonyl (C=O) groups excluding carboxylic acids is 1. The first kappa shape index (κ1) is 18.8. The minimum Gasteiger partial charge on any atom is -0.348 e. The Bertz CT molecular complexity index is 738. The van der Waals surface area contributed by atoms with Crippen molar-refractivity contribution in [3.8, 4) is 5.69 Å². The number of nitrogens with two attached hydrogens (primary N) is 1. The van der Waals surface area contributed by atoms with Crippen LogP contribution < -0.4 is 11.1 Å². The van der Waals surface area contributed by atoms with Crippen molar-refractivity contribution in [3.05, 3.63) is 52.3 Å². The van der Waals surface area contributed by atoms with Gasteiger partial charge in [-0.2, -0.15) is 0 Å². The van der Waals surface area contributed by atoms with Crippen LogP contribution in [-0.4, -0.2) is 23.1 Å². The molecule has 0 spiro atoms. The average molecular weight is 368 g/mol. The summed E-state index contributed by atoms with van der Waals surface area (Å²) >= 11 is 6.09. The van der Waals surface area contributed by atoms with E-state index in [-0.39, 0.29) is 24.4 Å². The quantitative estimate of drug-likeness (QED) is 0.847. The number of hydrogen-bond donors (Lipinski definition) is 2. The lowest BCUT2D eigenvalue weighted by atomic mass is 10.1. The van der Waals surface area contributed by atoms with E-state index in [2.05, 4.69) is 9.88 Å². The number of amides is 1. The van der Waals surface area contributed by atoms with Crippen LogP contribution in [0, 0.1) is 19.8 Å². The first-order valence-corrected chi connectivity index (χ1v) is 8.35. The summed E-state index contributed by atoms with van der Waals surface area (Å²) in [7, 11) is 0. The average Bonchev–Trinajstić information content (AvgIpc) is 3.30. The third-order valence-corrected chi connectivity index (χ3v) is 4.74. The first-order chi connectivity index (χ1) is 11.0. The van der Waals surface area contributed by atoms with Gasteiger partial charge in [-0.1, -0.05) is 17.7 Å². The summed E-state index contributed by atoms with van der Waals surface area (Å²) < 4.78 is 2.05. The van der Waals surface area contributed by atoms with E-state index < -0.39 is 0 Å². The minimum atomic E-state index is -0.0475. The number of carbonyl (C=O) groups is 1. The van der Waals surface area contributed by atoms with E-state index in [4.69, 9.17) is 17.3 Å². The third-order valence-electron chi connectivity index (χ3n) is 4.50. The Kier molecular flexibility index (Phi) is 5.97. The largest absolute Gasteiger partial charge is 0.348 e. The lowest BCUT2D eigenvalue weighted by molar-refractivity contribution is 0.0933. The lowest BCUT2D eigenvalue weighted by Crippen LogP contribution is -2.41. The second-order valence-corrected chi connectivity index (χ2v) is 6.69. The molecule has 4 nitrogen and oxygen atoms in total. The van der Waals surface area contributed by atoms with Crippen LogP contribution in [0.25, 0.3) is 5.69 Å². The molecule has 1 unspecified atom stereocenters. The number of nitrogens with one attached hydrogen (secondary N) is 1. The molecule has 1 atom stereocenters. The molecule has 1 aromatic carbocycles. The van der Waals surface area contributed by atoms with Crippen molar-refractivity contribution in [2.45, 2.75) is 32.7 Å². The van der Waals surface area contributed by atoms with Gasteiger partial charge in [-0.05, 0) is 56.9 Å². The summed E-state index contributed by atoms with van der Waals surface area (Å²) in [5.74, 6) is 0.495. The first-order valence-electron chi connectivity index (χ1n) is 7.97. The van der Waals surface area contributed by atoms with E-state index in [1.165, 1.54) is 0 Å². The summed E-state index contributed by atoms with van der Waals surface area (Å²) in [6.07, 6.45) is 2.31. The van der Waals surface area contributed by atoms with Crippen molar-refractivity contribution in [1.82, 2.24) is 9.88 Å². The predicted molar refractivity (Wildman–Crippen MR) is 101 cm³/mol. The molecule has 1 fully saturated rings. The van der Waals surface area contributed by atoms with Gasteiger partial charge in [0.05, 0.1) is 5.56 Å². The molecule has 1 saturated carbocycles. The van der Waals surface area contributed by atoms with Crippen molar-refractivity contribution in [3.63, 3.8) is 0 Å². The van der Waals surface area contributed by atoms with E-state index >= 15 is 0 Å². The summed E-state index contributed by atoms with van der Waals surface area (Å²) in [4.78, 5) is 12.6. The zero-order valence-electron chi connectivity index (χ0n) is 13.9. The molecule has 130 valence electrons. The van der Waals surface area contributed by atoms with Gasteiger partial charge in [0.15, 0.2) is 0 Å². The van der Waals surface area contributed by atoms with Crippen molar-refractivity contribution in [2.24, 2.45) is 11.7 Å². The molecule has 0 saturated heterocycles.